The summed E-state index contributed by atoms with van der Waals surface area (Å²) >= 11 is 8.49. The van der Waals surface area contributed by atoms with Crippen LogP contribution in [0, 0.1) is 11.3 Å². The van der Waals surface area contributed by atoms with E-state index in [1.54, 1.807) is 0 Å². The molecule has 10 heavy (non-hydrogen) atoms. The van der Waals surface area contributed by atoms with Crippen LogP contribution in [0.3, 0.4) is 0 Å². The van der Waals surface area contributed by atoms with E-state index in [2.05, 4.69) is 25.9 Å². The van der Waals surface area contributed by atoms with Crippen LogP contribution in [-0.2, 0) is 0 Å². The molecule has 0 saturated heterocycles. The van der Waals surface area contributed by atoms with Crippen LogP contribution in [0.1, 0.15) is 5.69 Å². The third-order valence-corrected chi connectivity index (χ3v) is 1.57. The molecule has 5 heteroatoms. The zero-order valence-corrected chi connectivity index (χ0v) is 7.02. The predicted molar refractivity (Wildman–Crippen MR) is 39.5 cm³/mol. The van der Waals surface area contributed by atoms with E-state index in [1.165, 1.54) is 6.20 Å². The van der Waals surface area contributed by atoms with E-state index in [9.17, 15) is 0 Å². The number of halogens is 2. The van der Waals surface area contributed by atoms with Gasteiger partial charge in [-0.15, -0.1) is 0 Å². The Labute approximate surface area is 70.8 Å². The monoisotopic (exact) mass is 217 g/mol. The number of hydrogen-bond acceptors (Lipinski definition) is 3. The van der Waals surface area contributed by atoms with E-state index >= 15 is 0 Å². The maximum Gasteiger partial charge on any atom is 0.174 e. The van der Waals surface area contributed by atoms with Gasteiger partial charge in [0.25, 0.3) is 0 Å². The summed E-state index contributed by atoms with van der Waals surface area (Å²) in [6.45, 7) is 0. The Hall–Kier alpha value is -0.660. The highest BCUT2D eigenvalue weighted by atomic mass is 79.9. The highest BCUT2D eigenvalue weighted by molar-refractivity contribution is 9.10. The minimum Gasteiger partial charge on any atom is -0.243 e. The molecule has 1 aromatic rings. The second-order valence-corrected chi connectivity index (χ2v) is 2.58. The van der Waals surface area contributed by atoms with Crippen molar-refractivity contribution in [2.45, 2.75) is 0 Å². The zero-order chi connectivity index (χ0) is 7.56. The SMILES string of the molecule is N#Cc1nc(Cl)cnc1Br. The van der Waals surface area contributed by atoms with Gasteiger partial charge in [-0.3, -0.25) is 0 Å². The van der Waals surface area contributed by atoms with Crippen LogP contribution in [0.2, 0.25) is 5.15 Å². The fourth-order valence-corrected chi connectivity index (χ4v) is 0.837. The smallest absolute Gasteiger partial charge is 0.174 e. The van der Waals surface area contributed by atoms with Gasteiger partial charge in [0.1, 0.15) is 15.8 Å². The van der Waals surface area contributed by atoms with Crippen molar-refractivity contribution in [1.29, 1.82) is 5.26 Å². The first-order chi connectivity index (χ1) is 4.74. The Balaban J connectivity index is 3.25. The minimum absolute atomic E-state index is 0.201. The lowest BCUT2D eigenvalue weighted by Crippen LogP contribution is -1.87. The van der Waals surface area contributed by atoms with Gasteiger partial charge in [0.05, 0.1) is 6.20 Å². The maximum absolute atomic E-state index is 8.40. The summed E-state index contributed by atoms with van der Waals surface area (Å²) in [5.74, 6) is 0. The second-order valence-electron chi connectivity index (χ2n) is 1.44. The van der Waals surface area contributed by atoms with Crippen molar-refractivity contribution in [3.05, 3.63) is 21.6 Å². The van der Waals surface area contributed by atoms with Gasteiger partial charge in [-0.25, -0.2) is 9.97 Å². The molecule has 0 unspecified atom stereocenters. The normalized spacial score (nSPS) is 8.90. The molecule has 1 heterocycles. The van der Waals surface area contributed by atoms with Crippen molar-refractivity contribution in [2.24, 2.45) is 0 Å². The number of nitriles is 1. The van der Waals surface area contributed by atoms with E-state index in [0.717, 1.165) is 0 Å². The van der Waals surface area contributed by atoms with Crippen LogP contribution in [0.5, 0.6) is 0 Å². The molecule has 1 aromatic heterocycles. The fraction of sp³-hybridized carbons (Fsp3) is 0. The second kappa shape index (κ2) is 2.95. The van der Waals surface area contributed by atoms with Crippen molar-refractivity contribution in [1.82, 2.24) is 9.97 Å². The molecule has 1 rings (SSSR count). The molecule has 0 saturated carbocycles. The summed E-state index contributed by atoms with van der Waals surface area (Å²) in [4.78, 5) is 7.44. The van der Waals surface area contributed by atoms with Gasteiger partial charge in [-0.2, -0.15) is 5.26 Å². The average molecular weight is 218 g/mol. The molecule has 0 aromatic carbocycles. The predicted octanol–water partition coefficient (Wildman–Crippen LogP) is 1.76. The Morgan fingerprint density at radius 2 is 2.40 bits per heavy atom. The highest BCUT2D eigenvalue weighted by Gasteiger charge is 2.00. The molecule has 0 spiro atoms. The van der Waals surface area contributed by atoms with Gasteiger partial charge in [0, 0.05) is 0 Å². The van der Waals surface area contributed by atoms with Crippen molar-refractivity contribution >= 4 is 27.5 Å². The number of rotatable bonds is 0. The summed E-state index contributed by atoms with van der Waals surface area (Å²) < 4.78 is 0.416. The third kappa shape index (κ3) is 1.43. The fourth-order valence-electron chi connectivity index (χ4n) is 0.424. The first-order valence-electron chi connectivity index (χ1n) is 2.32. The van der Waals surface area contributed by atoms with Crippen molar-refractivity contribution in [3.63, 3.8) is 0 Å². The molecule has 0 bridgehead atoms. The van der Waals surface area contributed by atoms with Crippen LogP contribution >= 0.6 is 27.5 Å². The topological polar surface area (TPSA) is 49.6 Å². The molecule has 0 aliphatic rings. The van der Waals surface area contributed by atoms with Crippen LogP contribution < -0.4 is 0 Å². The van der Waals surface area contributed by atoms with Gasteiger partial charge in [-0.05, 0) is 15.9 Å². The standard InChI is InChI=1S/C5HBrClN3/c6-5-3(1-8)10-4(7)2-9-5/h2H. The van der Waals surface area contributed by atoms with Crippen molar-refractivity contribution < 1.29 is 0 Å². The molecular weight excluding hydrogens is 217 g/mol. The van der Waals surface area contributed by atoms with E-state index in [4.69, 9.17) is 16.9 Å². The summed E-state index contributed by atoms with van der Waals surface area (Å²) in [6, 6.07) is 1.83. The van der Waals surface area contributed by atoms with Gasteiger partial charge in [0.15, 0.2) is 5.69 Å². The molecule has 0 N–H and O–H groups in total. The van der Waals surface area contributed by atoms with E-state index in [-0.39, 0.29) is 10.8 Å². The zero-order valence-electron chi connectivity index (χ0n) is 4.67. The molecule has 0 aliphatic heterocycles. The Morgan fingerprint density at radius 1 is 1.70 bits per heavy atom. The Kier molecular flexibility index (Phi) is 2.20. The van der Waals surface area contributed by atoms with Crippen LogP contribution in [0.15, 0.2) is 10.8 Å². The number of aromatic nitrogens is 2. The number of hydrogen-bond donors (Lipinski definition) is 0. The van der Waals surface area contributed by atoms with Gasteiger partial charge in [0.2, 0.25) is 0 Å². The van der Waals surface area contributed by atoms with Gasteiger partial charge in [-0.1, -0.05) is 11.6 Å². The van der Waals surface area contributed by atoms with Crippen LogP contribution in [0.4, 0.5) is 0 Å². The molecule has 50 valence electrons. The first-order valence-corrected chi connectivity index (χ1v) is 3.49. The van der Waals surface area contributed by atoms with Gasteiger partial charge >= 0.3 is 0 Å². The summed E-state index contributed by atoms with van der Waals surface area (Å²) in [5, 5.41) is 8.62. The molecular formula is C5HBrClN3. The molecule has 0 fully saturated rings. The largest absolute Gasteiger partial charge is 0.243 e. The number of nitrogens with zero attached hydrogens (tertiary/aromatic N) is 3. The van der Waals surface area contributed by atoms with Gasteiger partial charge < -0.3 is 0 Å². The quantitative estimate of drug-likeness (QED) is 0.667. The molecule has 3 nitrogen and oxygen atoms in total. The van der Waals surface area contributed by atoms with Crippen LogP contribution in [-0.4, -0.2) is 9.97 Å². The Morgan fingerprint density at radius 3 is 2.90 bits per heavy atom. The molecule has 0 radical (unpaired) electrons. The lowest BCUT2D eigenvalue weighted by molar-refractivity contribution is 1.13. The molecule has 0 atom stereocenters. The molecule has 0 aliphatic carbocycles. The van der Waals surface area contributed by atoms with E-state index in [0.29, 0.717) is 4.60 Å². The highest BCUT2D eigenvalue weighted by Crippen LogP contribution is 2.12. The maximum atomic E-state index is 8.40. The van der Waals surface area contributed by atoms with Crippen molar-refractivity contribution in [2.75, 3.05) is 0 Å². The summed E-state index contributed by atoms with van der Waals surface area (Å²) in [7, 11) is 0. The summed E-state index contributed by atoms with van der Waals surface area (Å²) in [6.07, 6.45) is 1.37. The third-order valence-electron chi connectivity index (χ3n) is 0.804. The first kappa shape index (κ1) is 7.45. The summed E-state index contributed by atoms with van der Waals surface area (Å²) in [5.41, 5.74) is 0.201. The minimum atomic E-state index is 0.201. The van der Waals surface area contributed by atoms with E-state index < -0.39 is 0 Å². The van der Waals surface area contributed by atoms with Crippen LogP contribution in [0.25, 0.3) is 0 Å². The average Bonchev–Trinajstić information content (AvgIpc) is 1.94. The molecule has 0 amide bonds. The lowest BCUT2D eigenvalue weighted by atomic mass is 10.5. The van der Waals surface area contributed by atoms with Crippen molar-refractivity contribution in [3.8, 4) is 6.07 Å². The van der Waals surface area contributed by atoms with E-state index in [1.807, 2.05) is 6.07 Å². The lowest BCUT2D eigenvalue weighted by Gasteiger charge is -1.91. The Bertz CT molecular complexity index is 293.